The van der Waals surface area contributed by atoms with Crippen LogP contribution in [0.25, 0.3) is 0 Å². The minimum Gasteiger partial charge on any atom is -0.385 e. The molecule has 104 valence electrons. The molecule has 1 saturated heterocycles. The predicted octanol–water partition coefficient (Wildman–Crippen LogP) is 3.38. The van der Waals surface area contributed by atoms with Crippen molar-refractivity contribution >= 4 is 11.6 Å². The molecule has 3 nitrogen and oxygen atoms in total. The molecular weight excluding hydrogens is 236 g/mol. The van der Waals surface area contributed by atoms with Crippen LogP contribution < -0.4 is 5.32 Å². The van der Waals surface area contributed by atoms with Crippen LogP contribution in [0.2, 0.25) is 0 Å². The van der Waals surface area contributed by atoms with Crippen molar-refractivity contribution in [3.63, 3.8) is 0 Å². The van der Waals surface area contributed by atoms with E-state index in [0.717, 1.165) is 56.1 Å². The van der Waals surface area contributed by atoms with Crippen molar-refractivity contribution < 1.29 is 4.79 Å². The first kappa shape index (κ1) is 13.9. The van der Waals surface area contributed by atoms with Crippen molar-refractivity contribution in [3.05, 3.63) is 29.8 Å². The van der Waals surface area contributed by atoms with Crippen LogP contribution in [0.4, 0.5) is 5.69 Å². The molecule has 0 atom stereocenters. The molecule has 0 bridgehead atoms. The Hall–Kier alpha value is -1.51. The summed E-state index contributed by atoms with van der Waals surface area (Å²) in [5, 5.41) is 3.32. The third-order valence-corrected chi connectivity index (χ3v) is 3.78. The van der Waals surface area contributed by atoms with Gasteiger partial charge in [-0.3, -0.25) is 4.79 Å². The number of nitrogens with zero attached hydrogens (tertiary/aromatic N) is 1. The number of piperidine rings is 1. The van der Waals surface area contributed by atoms with Crippen molar-refractivity contribution in [2.45, 2.75) is 33.1 Å². The van der Waals surface area contributed by atoms with Gasteiger partial charge in [-0.05, 0) is 49.4 Å². The largest absolute Gasteiger partial charge is 0.385 e. The van der Waals surface area contributed by atoms with E-state index in [2.05, 4.69) is 19.2 Å². The molecule has 1 fully saturated rings. The number of carbonyl (C=O) groups excluding carboxylic acids is 1. The molecule has 1 aromatic rings. The first-order valence-electron chi connectivity index (χ1n) is 7.34. The van der Waals surface area contributed by atoms with Gasteiger partial charge < -0.3 is 10.2 Å². The molecule has 0 aromatic heterocycles. The molecule has 1 aliphatic heterocycles. The Labute approximate surface area is 116 Å². The van der Waals surface area contributed by atoms with E-state index in [1.165, 1.54) is 0 Å². The molecule has 0 aliphatic carbocycles. The highest BCUT2D eigenvalue weighted by molar-refractivity contribution is 5.94. The smallest absolute Gasteiger partial charge is 0.253 e. The second kappa shape index (κ2) is 6.60. The Morgan fingerprint density at radius 1 is 1.26 bits per heavy atom. The van der Waals surface area contributed by atoms with Gasteiger partial charge in [0.2, 0.25) is 0 Å². The Balaban J connectivity index is 1.95. The van der Waals surface area contributed by atoms with Gasteiger partial charge in [-0.2, -0.15) is 0 Å². The van der Waals surface area contributed by atoms with Gasteiger partial charge in [0, 0.05) is 30.9 Å². The number of rotatable bonds is 4. The van der Waals surface area contributed by atoms with Gasteiger partial charge in [0.15, 0.2) is 0 Å². The molecule has 0 unspecified atom stereocenters. The van der Waals surface area contributed by atoms with Gasteiger partial charge in [-0.25, -0.2) is 0 Å². The number of nitrogens with one attached hydrogen (secondary N) is 1. The molecule has 19 heavy (non-hydrogen) atoms. The van der Waals surface area contributed by atoms with Crippen LogP contribution in [-0.4, -0.2) is 30.4 Å². The van der Waals surface area contributed by atoms with Crippen molar-refractivity contribution in [2.24, 2.45) is 5.92 Å². The molecule has 0 spiro atoms. The fourth-order valence-corrected chi connectivity index (χ4v) is 2.39. The molecule has 0 radical (unpaired) electrons. The van der Waals surface area contributed by atoms with Crippen LogP contribution in [0, 0.1) is 5.92 Å². The maximum atomic E-state index is 12.3. The Morgan fingerprint density at radius 3 is 2.47 bits per heavy atom. The monoisotopic (exact) mass is 260 g/mol. The van der Waals surface area contributed by atoms with Gasteiger partial charge >= 0.3 is 0 Å². The fourth-order valence-electron chi connectivity index (χ4n) is 2.39. The zero-order chi connectivity index (χ0) is 13.7. The third kappa shape index (κ3) is 3.72. The summed E-state index contributed by atoms with van der Waals surface area (Å²) < 4.78 is 0. The minimum absolute atomic E-state index is 0.175. The lowest BCUT2D eigenvalue weighted by atomic mass is 9.98. The van der Waals surface area contributed by atoms with E-state index >= 15 is 0 Å². The highest BCUT2D eigenvalue weighted by Crippen LogP contribution is 2.19. The van der Waals surface area contributed by atoms with Crippen LogP contribution in [-0.2, 0) is 0 Å². The van der Waals surface area contributed by atoms with Gasteiger partial charge in [0.05, 0.1) is 0 Å². The summed E-state index contributed by atoms with van der Waals surface area (Å²) in [7, 11) is 0. The minimum atomic E-state index is 0.175. The van der Waals surface area contributed by atoms with Crippen molar-refractivity contribution in [3.8, 4) is 0 Å². The van der Waals surface area contributed by atoms with Gasteiger partial charge in [0.25, 0.3) is 5.91 Å². The molecule has 1 aliphatic rings. The molecule has 1 aromatic carbocycles. The number of benzene rings is 1. The number of amides is 1. The van der Waals surface area contributed by atoms with E-state index < -0.39 is 0 Å². The van der Waals surface area contributed by atoms with Crippen LogP contribution in [0.3, 0.4) is 0 Å². The summed E-state index contributed by atoms with van der Waals surface area (Å²) in [6.07, 6.45) is 3.36. The van der Waals surface area contributed by atoms with E-state index in [9.17, 15) is 4.79 Å². The number of carbonyl (C=O) groups is 1. The lowest BCUT2D eigenvalue weighted by Gasteiger charge is -2.30. The van der Waals surface area contributed by atoms with E-state index in [1.807, 2.05) is 29.2 Å². The first-order valence-corrected chi connectivity index (χ1v) is 7.34. The van der Waals surface area contributed by atoms with E-state index in [1.54, 1.807) is 0 Å². The van der Waals surface area contributed by atoms with Gasteiger partial charge in [-0.15, -0.1) is 0 Å². The van der Waals surface area contributed by atoms with Crippen molar-refractivity contribution in [1.82, 2.24) is 4.90 Å². The second-order valence-electron chi connectivity index (χ2n) is 5.48. The van der Waals surface area contributed by atoms with Crippen molar-refractivity contribution in [1.29, 1.82) is 0 Å². The molecule has 1 N–H and O–H groups in total. The van der Waals surface area contributed by atoms with Gasteiger partial charge in [-0.1, -0.05) is 13.8 Å². The van der Waals surface area contributed by atoms with Gasteiger partial charge in [0.1, 0.15) is 0 Å². The average Bonchev–Trinajstić information content (AvgIpc) is 2.46. The highest BCUT2D eigenvalue weighted by atomic mass is 16.2. The summed E-state index contributed by atoms with van der Waals surface area (Å²) in [5.74, 6) is 0.929. The predicted molar refractivity (Wildman–Crippen MR) is 79.5 cm³/mol. The molecule has 0 saturated carbocycles. The van der Waals surface area contributed by atoms with E-state index in [4.69, 9.17) is 0 Å². The van der Waals surface area contributed by atoms with E-state index in [0.29, 0.717) is 0 Å². The molecule has 1 heterocycles. The maximum absolute atomic E-state index is 12.3. The standard InChI is InChI=1S/C16H24N2O/c1-3-10-17-15-6-4-14(5-7-15)16(19)18-11-8-13(2)9-12-18/h4-7,13,17H,3,8-12H2,1-2H3. The average molecular weight is 260 g/mol. The SMILES string of the molecule is CCCNc1ccc(C(=O)N2CCC(C)CC2)cc1. The lowest BCUT2D eigenvalue weighted by Crippen LogP contribution is -2.37. The topological polar surface area (TPSA) is 32.3 Å². The Morgan fingerprint density at radius 2 is 1.89 bits per heavy atom. The Bertz CT molecular complexity index is 405. The van der Waals surface area contributed by atoms with Crippen LogP contribution in [0.1, 0.15) is 43.5 Å². The molecule has 1 amide bonds. The van der Waals surface area contributed by atoms with Crippen LogP contribution >= 0.6 is 0 Å². The summed E-state index contributed by atoms with van der Waals surface area (Å²) in [4.78, 5) is 14.3. The molecular formula is C16H24N2O. The fraction of sp³-hybridized carbons (Fsp3) is 0.562. The number of likely N-dealkylation sites (tertiary alicyclic amines) is 1. The summed E-state index contributed by atoms with van der Waals surface area (Å²) >= 11 is 0. The number of hydrogen-bond acceptors (Lipinski definition) is 2. The maximum Gasteiger partial charge on any atom is 0.253 e. The highest BCUT2D eigenvalue weighted by Gasteiger charge is 2.21. The number of anilines is 1. The summed E-state index contributed by atoms with van der Waals surface area (Å²) in [6, 6.07) is 7.85. The van der Waals surface area contributed by atoms with E-state index in [-0.39, 0.29) is 5.91 Å². The van der Waals surface area contributed by atoms with Crippen molar-refractivity contribution in [2.75, 3.05) is 25.0 Å². The number of hydrogen-bond donors (Lipinski definition) is 1. The third-order valence-electron chi connectivity index (χ3n) is 3.78. The molecule has 2 rings (SSSR count). The zero-order valence-electron chi connectivity index (χ0n) is 12.0. The summed E-state index contributed by atoms with van der Waals surface area (Å²) in [5.41, 5.74) is 1.89. The zero-order valence-corrected chi connectivity index (χ0v) is 12.0. The Kier molecular flexibility index (Phi) is 4.83. The first-order chi connectivity index (χ1) is 9.20. The second-order valence-corrected chi connectivity index (χ2v) is 5.48. The summed E-state index contributed by atoms with van der Waals surface area (Å²) in [6.45, 7) is 7.17. The lowest BCUT2D eigenvalue weighted by molar-refractivity contribution is 0.0697. The molecule has 3 heteroatoms. The quantitative estimate of drug-likeness (QED) is 0.900. The normalized spacial score (nSPS) is 16.4. The van der Waals surface area contributed by atoms with Crippen LogP contribution in [0.15, 0.2) is 24.3 Å². The van der Waals surface area contributed by atoms with Crippen LogP contribution in [0.5, 0.6) is 0 Å².